The predicted molar refractivity (Wildman–Crippen MR) is 79.4 cm³/mol. The fraction of sp³-hybridized carbons (Fsp3) is 0.429. The summed E-state index contributed by atoms with van der Waals surface area (Å²) in [6.07, 6.45) is 0. The molecule has 20 heavy (non-hydrogen) atoms. The number of anilines is 1. The minimum Gasteiger partial charge on any atom is -0.369 e. The van der Waals surface area contributed by atoms with Gasteiger partial charge in [-0.3, -0.25) is 0 Å². The number of nitrogens with one attached hydrogen (secondary N) is 1. The molecule has 0 atom stereocenters. The van der Waals surface area contributed by atoms with Crippen LogP contribution in [0.4, 0.5) is 14.9 Å². The second-order valence-electron chi connectivity index (χ2n) is 5.64. The van der Waals surface area contributed by atoms with Gasteiger partial charge in [-0.15, -0.1) is 0 Å². The first-order valence-corrected chi connectivity index (χ1v) is 6.26. The zero-order chi connectivity index (χ0) is 15.5. The first-order valence-electron chi connectivity index (χ1n) is 6.26. The molecule has 0 heterocycles. The zero-order valence-corrected chi connectivity index (χ0v) is 12.5. The lowest BCUT2D eigenvalue weighted by Crippen LogP contribution is -2.42. The Labute approximate surface area is 118 Å². The summed E-state index contributed by atoms with van der Waals surface area (Å²) in [4.78, 5) is 17.0. The molecule has 5 nitrogen and oxygen atoms in total. The molecule has 1 aromatic carbocycles. The van der Waals surface area contributed by atoms with Gasteiger partial charge in [0.15, 0.2) is 0 Å². The van der Waals surface area contributed by atoms with Crippen LogP contribution in [0.25, 0.3) is 0 Å². The first kappa shape index (κ1) is 15.9. The summed E-state index contributed by atoms with van der Waals surface area (Å²) in [6, 6.07) is 3.81. The Morgan fingerprint density at radius 1 is 1.40 bits per heavy atom. The van der Waals surface area contributed by atoms with Crippen LogP contribution in [0, 0.1) is 12.7 Å². The highest BCUT2D eigenvalue weighted by Gasteiger charge is 2.15. The van der Waals surface area contributed by atoms with Crippen LogP contribution in [-0.2, 0) is 0 Å². The molecule has 6 heteroatoms. The average Bonchev–Trinajstić information content (AvgIpc) is 2.25. The van der Waals surface area contributed by atoms with Crippen molar-refractivity contribution in [2.24, 2.45) is 10.7 Å². The number of benzene rings is 1. The van der Waals surface area contributed by atoms with Crippen LogP contribution in [0.15, 0.2) is 23.2 Å². The molecule has 0 aliphatic rings. The second kappa shape index (κ2) is 5.90. The molecule has 0 unspecified atom stereocenters. The Morgan fingerprint density at radius 2 is 2.00 bits per heavy atom. The molecular weight excluding hydrogens is 259 g/mol. The van der Waals surface area contributed by atoms with Crippen molar-refractivity contribution in [2.75, 3.05) is 11.9 Å². The Bertz CT molecular complexity index is 534. The van der Waals surface area contributed by atoms with Crippen molar-refractivity contribution in [1.29, 1.82) is 0 Å². The van der Waals surface area contributed by atoms with Crippen LogP contribution in [0.1, 0.15) is 26.3 Å². The first-order chi connectivity index (χ1) is 9.10. The molecule has 1 aromatic rings. The van der Waals surface area contributed by atoms with Crippen molar-refractivity contribution in [3.8, 4) is 0 Å². The zero-order valence-electron chi connectivity index (χ0n) is 12.5. The largest absolute Gasteiger partial charge is 0.369 e. The van der Waals surface area contributed by atoms with Crippen molar-refractivity contribution < 1.29 is 9.18 Å². The number of hydrogen-bond donors (Lipinski definition) is 2. The highest BCUT2D eigenvalue weighted by atomic mass is 19.1. The Hall–Kier alpha value is -2.11. The third-order valence-electron chi connectivity index (χ3n) is 2.56. The number of hydrogen-bond acceptors (Lipinski definition) is 1. The molecule has 2 amide bonds. The van der Waals surface area contributed by atoms with Gasteiger partial charge in [0.25, 0.3) is 0 Å². The van der Waals surface area contributed by atoms with Crippen molar-refractivity contribution in [3.63, 3.8) is 0 Å². The van der Waals surface area contributed by atoms with Crippen LogP contribution in [0.5, 0.6) is 0 Å². The van der Waals surface area contributed by atoms with E-state index in [4.69, 9.17) is 5.73 Å². The van der Waals surface area contributed by atoms with E-state index in [-0.39, 0.29) is 17.3 Å². The third-order valence-corrected chi connectivity index (χ3v) is 2.56. The van der Waals surface area contributed by atoms with Gasteiger partial charge in [0, 0.05) is 18.3 Å². The molecule has 1 rings (SSSR count). The number of aryl methyl sites for hydroxylation is 1. The predicted octanol–water partition coefficient (Wildman–Crippen LogP) is 2.39. The van der Waals surface area contributed by atoms with Crippen molar-refractivity contribution in [1.82, 2.24) is 5.32 Å². The lowest BCUT2D eigenvalue weighted by atomic mass is 10.1. The van der Waals surface area contributed by atoms with E-state index in [1.807, 2.05) is 20.8 Å². The maximum Gasteiger partial charge on any atom is 0.344 e. The average molecular weight is 280 g/mol. The Kier molecular flexibility index (Phi) is 4.70. The number of rotatable bonds is 1. The maximum atomic E-state index is 13.1. The lowest BCUT2D eigenvalue weighted by Gasteiger charge is -2.22. The summed E-state index contributed by atoms with van der Waals surface area (Å²) in [5.74, 6) is -0.276. The molecule has 0 spiro atoms. The van der Waals surface area contributed by atoms with Crippen LogP contribution < -0.4 is 16.0 Å². The number of guanidine groups is 1. The van der Waals surface area contributed by atoms with E-state index in [0.717, 1.165) is 0 Å². The normalized spacial score (nSPS) is 12.2. The molecule has 0 fully saturated rings. The summed E-state index contributed by atoms with van der Waals surface area (Å²) in [5, 5.41) is 2.69. The highest BCUT2D eigenvalue weighted by Crippen LogP contribution is 2.19. The number of carbonyl (C=O) groups excluding carboxylic acids is 1. The summed E-state index contributed by atoms with van der Waals surface area (Å²) in [7, 11) is 1.67. The van der Waals surface area contributed by atoms with Crippen LogP contribution in [0.3, 0.4) is 0 Å². The second-order valence-corrected chi connectivity index (χ2v) is 5.64. The number of amides is 2. The van der Waals surface area contributed by atoms with Crippen molar-refractivity contribution in [2.45, 2.75) is 33.2 Å². The van der Waals surface area contributed by atoms with E-state index in [9.17, 15) is 9.18 Å². The Morgan fingerprint density at radius 3 is 2.50 bits per heavy atom. The van der Waals surface area contributed by atoms with Gasteiger partial charge < -0.3 is 16.0 Å². The molecule has 0 bridgehead atoms. The fourth-order valence-electron chi connectivity index (χ4n) is 1.65. The molecule has 110 valence electrons. The minimum absolute atomic E-state index is 0.0430. The number of carbonyl (C=O) groups is 1. The standard InChI is InChI=1S/C14H21FN4O/c1-9-8-10(15)6-7-11(9)19(5)12(16)17-13(20)18-14(2,3)4/h6-8H,1-5H3,(H3,16,17,18,20). The van der Waals surface area contributed by atoms with Crippen LogP contribution in [0.2, 0.25) is 0 Å². The van der Waals surface area contributed by atoms with E-state index in [0.29, 0.717) is 11.3 Å². The van der Waals surface area contributed by atoms with E-state index < -0.39 is 6.03 Å². The van der Waals surface area contributed by atoms with Gasteiger partial charge in [-0.25, -0.2) is 9.18 Å². The molecule has 0 radical (unpaired) electrons. The van der Waals surface area contributed by atoms with E-state index in [1.54, 1.807) is 20.0 Å². The fourth-order valence-corrected chi connectivity index (χ4v) is 1.65. The van der Waals surface area contributed by atoms with Crippen LogP contribution >= 0.6 is 0 Å². The number of nitrogens with two attached hydrogens (primary N) is 1. The van der Waals surface area contributed by atoms with E-state index in [2.05, 4.69) is 10.3 Å². The van der Waals surface area contributed by atoms with Gasteiger partial charge in [0.05, 0.1) is 0 Å². The monoisotopic (exact) mass is 280 g/mol. The maximum absolute atomic E-state index is 13.1. The lowest BCUT2D eigenvalue weighted by molar-refractivity contribution is 0.241. The van der Waals surface area contributed by atoms with E-state index in [1.165, 1.54) is 17.0 Å². The highest BCUT2D eigenvalue weighted by molar-refractivity contribution is 6.01. The number of aliphatic imine (C=N–C) groups is 1. The summed E-state index contributed by atoms with van der Waals surface area (Å²) in [6.45, 7) is 7.32. The third kappa shape index (κ3) is 4.53. The Balaban J connectivity index is 2.90. The van der Waals surface area contributed by atoms with Gasteiger partial charge in [0.1, 0.15) is 5.82 Å². The topological polar surface area (TPSA) is 70.7 Å². The number of halogens is 1. The molecule has 0 saturated heterocycles. The molecule has 3 N–H and O–H groups in total. The number of urea groups is 1. The number of nitrogens with zero attached hydrogens (tertiary/aromatic N) is 2. The summed E-state index contributed by atoms with van der Waals surface area (Å²) in [5.41, 5.74) is 6.81. The van der Waals surface area contributed by atoms with Gasteiger partial charge in [-0.2, -0.15) is 4.99 Å². The molecule has 0 aliphatic carbocycles. The quantitative estimate of drug-likeness (QED) is 0.613. The molecule has 0 aromatic heterocycles. The van der Waals surface area contributed by atoms with Crippen LogP contribution in [-0.4, -0.2) is 24.6 Å². The van der Waals surface area contributed by atoms with Crippen molar-refractivity contribution in [3.05, 3.63) is 29.6 Å². The molecular formula is C14H21FN4O. The van der Waals surface area contributed by atoms with Gasteiger partial charge >= 0.3 is 6.03 Å². The van der Waals surface area contributed by atoms with Gasteiger partial charge in [-0.1, -0.05) is 0 Å². The SMILES string of the molecule is Cc1cc(F)ccc1N(C)C(N)=NC(=O)NC(C)(C)C. The minimum atomic E-state index is -0.512. The summed E-state index contributed by atoms with van der Waals surface area (Å²) >= 11 is 0. The molecule has 0 aliphatic heterocycles. The molecule has 0 saturated carbocycles. The van der Waals surface area contributed by atoms with Gasteiger partial charge in [-0.05, 0) is 51.5 Å². The van der Waals surface area contributed by atoms with Crippen molar-refractivity contribution >= 4 is 17.7 Å². The smallest absolute Gasteiger partial charge is 0.344 e. The van der Waals surface area contributed by atoms with E-state index >= 15 is 0 Å². The summed E-state index contributed by atoms with van der Waals surface area (Å²) < 4.78 is 13.1. The van der Waals surface area contributed by atoms with Gasteiger partial charge in [0.2, 0.25) is 5.96 Å².